The number of rotatable bonds is 3. The zero-order valence-corrected chi connectivity index (χ0v) is 16.4. The molecular formula is C28H20N2. The van der Waals surface area contributed by atoms with Crippen LogP contribution >= 0.6 is 0 Å². The Morgan fingerprint density at radius 3 is 1.73 bits per heavy atom. The van der Waals surface area contributed by atoms with Crippen LogP contribution in [-0.4, -0.2) is 4.98 Å². The first-order valence-corrected chi connectivity index (χ1v) is 10.2. The highest BCUT2D eigenvalue weighted by Crippen LogP contribution is 2.40. The average Bonchev–Trinajstić information content (AvgIpc) is 3.29. The molecule has 0 aliphatic carbocycles. The van der Waals surface area contributed by atoms with E-state index in [1.807, 2.05) is 6.20 Å². The summed E-state index contributed by atoms with van der Waals surface area (Å²) < 4.78 is 0. The van der Waals surface area contributed by atoms with Gasteiger partial charge in [-0.25, -0.2) is 0 Å². The molecule has 0 aliphatic rings. The van der Waals surface area contributed by atoms with Gasteiger partial charge in [-0.1, -0.05) is 66.7 Å². The maximum atomic E-state index is 3.35. The van der Waals surface area contributed by atoms with Crippen molar-refractivity contribution in [3.8, 4) is 0 Å². The van der Waals surface area contributed by atoms with Crippen molar-refractivity contribution >= 4 is 49.5 Å². The second-order valence-electron chi connectivity index (χ2n) is 7.61. The molecule has 0 bridgehead atoms. The Bertz CT molecular complexity index is 1430. The zero-order valence-electron chi connectivity index (χ0n) is 16.4. The number of hydrogen-bond acceptors (Lipinski definition) is 1. The van der Waals surface area contributed by atoms with E-state index in [4.69, 9.17) is 0 Å². The second kappa shape index (κ2) is 6.78. The van der Waals surface area contributed by atoms with E-state index in [0.717, 1.165) is 16.9 Å². The highest BCUT2D eigenvalue weighted by molar-refractivity contribution is 6.00. The fourth-order valence-electron chi connectivity index (χ4n) is 4.32. The molecule has 0 atom stereocenters. The van der Waals surface area contributed by atoms with Crippen LogP contribution in [0.4, 0.5) is 17.1 Å². The Balaban J connectivity index is 1.63. The lowest BCUT2D eigenvalue weighted by molar-refractivity contribution is 1.31. The number of fused-ring (bicyclic) bond motifs is 3. The molecule has 2 nitrogen and oxygen atoms in total. The van der Waals surface area contributed by atoms with E-state index in [1.54, 1.807) is 0 Å². The molecule has 0 saturated heterocycles. The third-order valence-corrected chi connectivity index (χ3v) is 5.80. The number of anilines is 3. The smallest absolute Gasteiger partial charge is 0.0555 e. The number of aromatic nitrogens is 1. The molecule has 0 radical (unpaired) electrons. The quantitative estimate of drug-likeness (QED) is 0.328. The molecule has 0 spiro atoms. The number of nitrogens with one attached hydrogen (secondary N) is 1. The van der Waals surface area contributed by atoms with Gasteiger partial charge >= 0.3 is 0 Å². The van der Waals surface area contributed by atoms with Gasteiger partial charge in [-0.3, -0.25) is 0 Å². The molecule has 6 rings (SSSR count). The van der Waals surface area contributed by atoms with Crippen LogP contribution in [0.3, 0.4) is 0 Å². The molecule has 0 unspecified atom stereocenters. The van der Waals surface area contributed by atoms with Crippen LogP contribution in [0.15, 0.2) is 115 Å². The summed E-state index contributed by atoms with van der Waals surface area (Å²) in [5.74, 6) is 0. The van der Waals surface area contributed by atoms with E-state index in [2.05, 4.69) is 119 Å². The predicted octanol–water partition coefficient (Wildman–Crippen LogP) is 7.94. The lowest BCUT2D eigenvalue weighted by atomic mass is 10.1. The van der Waals surface area contributed by atoms with E-state index in [9.17, 15) is 0 Å². The molecule has 0 fully saturated rings. The molecule has 1 aromatic heterocycles. The summed E-state index contributed by atoms with van der Waals surface area (Å²) in [7, 11) is 0. The van der Waals surface area contributed by atoms with Gasteiger partial charge in [0.15, 0.2) is 0 Å². The number of H-pyrrole nitrogens is 1. The van der Waals surface area contributed by atoms with Gasteiger partial charge in [0.25, 0.3) is 0 Å². The highest BCUT2D eigenvalue weighted by Gasteiger charge is 2.16. The Labute approximate surface area is 175 Å². The highest BCUT2D eigenvalue weighted by atomic mass is 15.1. The van der Waals surface area contributed by atoms with Gasteiger partial charge in [-0.2, -0.15) is 0 Å². The summed E-state index contributed by atoms with van der Waals surface area (Å²) in [6.45, 7) is 0. The topological polar surface area (TPSA) is 19.0 Å². The second-order valence-corrected chi connectivity index (χ2v) is 7.61. The van der Waals surface area contributed by atoms with Crippen LogP contribution in [-0.2, 0) is 0 Å². The third kappa shape index (κ3) is 2.73. The monoisotopic (exact) mass is 384 g/mol. The predicted molar refractivity (Wildman–Crippen MR) is 128 cm³/mol. The average molecular weight is 384 g/mol. The summed E-state index contributed by atoms with van der Waals surface area (Å²) in [5.41, 5.74) is 4.61. The maximum Gasteiger partial charge on any atom is 0.0555 e. The fourth-order valence-corrected chi connectivity index (χ4v) is 4.32. The van der Waals surface area contributed by atoms with Crippen LogP contribution in [0.1, 0.15) is 0 Å². The van der Waals surface area contributed by atoms with Crippen LogP contribution in [0.2, 0.25) is 0 Å². The molecule has 1 N–H and O–H groups in total. The van der Waals surface area contributed by atoms with Crippen molar-refractivity contribution in [2.75, 3.05) is 4.90 Å². The van der Waals surface area contributed by atoms with Gasteiger partial charge in [0.05, 0.1) is 5.69 Å². The van der Waals surface area contributed by atoms with E-state index in [0.29, 0.717) is 0 Å². The number of hydrogen-bond donors (Lipinski definition) is 1. The summed E-state index contributed by atoms with van der Waals surface area (Å²) in [4.78, 5) is 5.71. The SMILES string of the molecule is c1ccc2cc(N(c3ccc4ccccc4c3)c3cccc4[nH]ccc34)ccc2c1. The van der Waals surface area contributed by atoms with Crippen molar-refractivity contribution in [1.82, 2.24) is 4.98 Å². The Morgan fingerprint density at radius 1 is 0.500 bits per heavy atom. The first-order valence-electron chi connectivity index (χ1n) is 10.2. The minimum Gasteiger partial charge on any atom is -0.361 e. The maximum absolute atomic E-state index is 3.35. The van der Waals surface area contributed by atoms with Crippen molar-refractivity contribution in [2.24, 2.45) is 0 Å². The number of nitrogens with zero attached hydrogens (tertiary/aromatic N) is 1. The van der Waals surface area contributed by atoms with Crippen molar-refractivity contribution in [3.05, 3.63) is 115 Å². The van der Waals surface area contributed by atoms with Crippen LogP contribution in [0, 0.1) is 0 Å². The van der Waals surface area contributed by atoms with Crippen molar-refractivity contribution in [2.45, 2.75) is 0 Å². The van der Waals surface area contributed by atoms with Crippen molar-refractivity contribution in [3.63, 3.8) is 0 Å². The molecule has 0 aliphatic heterocycles. The first kappa shape index (κ1) is 16.9. The molecular weight excluding hydrogens is 364 g/mol. The molecule has 5 aromatic carbocycles. The third-order valence-electron chi connectivity index (χ3n) is 5.80. The number of benzene rings is 5. The summed E-state index contributed by atoms with van der Waals surface area (Å²) in [6.07, 6.45) is 2.01. The summed E-state index contributed by atoms with van der Waals surface area (Å²) in [5, 5.41) is 6.18. The normalized spacial score (nSPS) is 11.3. The van der Waals surface area contributed by atoms with E-state index in [-0.39, 0.29) is 0 Å². The Kier molecular flexibility index (Phi) is 3.82. The lowest BCUT2D eigenvalue weighted by Crippen LogP contribution is -2.10. The lowest BCUT2D eigenvalue weighted by Gasteiger charge is -2.27. The number of aromatic amines is 1. The summed E-state index contributed by atoms with van der Waals surface area (Å²) >= 11 is 0. The van der Waals surface area contributed by atoms with Gasteiger partial charge in [-0.15, -0.1) is 0 Å². The van der Waals surface area contributed by atoms with Crippen LogP contribution < -0.4 is 4.90 Å². The van der Waals surface area contributed by atoms with E-state index < -0.39 is 0 Å². The standard InChI is InChI=1S/C28H20N2/c1-3-8-22-18-24(14-12-20(22)6-1)30(28-11-5-10-27-26(28)16-17-29-27)25-15-13-21-7-2-4-9-23(21)19-25/h1-19,29H. The van der Waals surface area contributed by atoms with Gasteiger partial charge < -0.3 is 9.88 Å². The van der Waals surface area contributed by atoms with Crippen LogP contribution in [0.25, 0.3) is 32.4 Å². The molecule has 6 aromatic rings. The van der Waals surface area contributed by atoms with E-state index in [1.165, 1.54) is 32.6 Å². The minimum atomic E-state index is 1.14. The Hall–Kier alpha value is -4.04. The molecule has 0 amide bonds. The minimum absolute atomic E-state index is 1.14. The molecule has 142 valence electrons. The van der Waals surface area contributed by atoms with Crippen molar-refractivity contribution < 1.29 is 0 Å². The Morgan fingerprint density at radius 2 is 1.10 bits per heavy atom. The van der Waals surface area contributed by atoms with Gasteiger partial charge in [0, 0.05) is 28.5 Å². The van der Waals surface area contributed by atoms with Crippen LogP contribution in [0.5, 0.6) is 0 Å². The molecule has 0 saturated carbocycles. The van der Waals surface area contributed by atoms with E-state index >= 15 is 0 Å². The fraction of sp³-hybridized carbons (Fsp3) is 0. The largest absolute Gasteiger partial charge is 0.361 e. The van der Waals surface area contributed by atoms with Gasteiger partial charge in [-0.05, 0) is 64.0 Å². The van der Waals surface area contributed by atoms with Gasteiger partial charge in [0.2, 0.25) is 0 Å². The van der Waals surface area contributed by atoms with Gasteiger partial charge in [0.1, 0.15) is 0 Å². The molecule has 2 heteroatoms. The zero-order chi connectivity index (χ0) is 19.9. The first-order chi connectivity index (χ1) is 14.9. The molecule has 1 heterocycles. The molecule has 30 heavy (non-hydrogen) atoms. The van der Waals surface area contributed by atoms with Crippen molar-refractivity contribution in [1.29, 1.82) is 0 Å². The summed E-state index contributed by atoms with van der Waals surface area (Å²) in [6, 6.07) is 39.0.